The summed E-state index contributed by atoms with van der Waals surface area (Å²) in [4.78, 5) is 6.31. The maximum Gasteiger partial charge on any atom is 0.0640 e. The van der Waals surface area contributed by atoms with Gasteiger partial charge in [-0.15, -0.1) is 0 Å². The first kappa shape index (κ1) is 9.01. The average Bonchev–Trinajstić information content (AvgIpc) is 3.04. The SMILES string of the molecule is N#CCCN(c1ccncc1)C1CC1. The molecule has 0 amide bonds. The van der Waals surface area contributed by atoms with Gasteiger partial charge in [0.25, 0.3) is 0 Å². The number of anilines is 1. The van der Waals surface area contributed by atoms with E-state index in [2.05, 4.69) is 16.0 Å². The summed E-state index contributed by atoms with van der Waals surface area (Å²) in [5.74, 6) is 0. The largest absolute Gasteiger partial charge is 0.367 e. The lowest BCUT2D eigenvalue weighted by molar-refractivity contribution is 0.792. The second-order valence-electron chi connectivity index (χ2n) is 3.54. The summed E-state index contributed by atoms with van der Waals surface area (Å²) in [5, 5.41) is 8.58. The van der Waals surface area contributed by atoms with E-state index in [1.165, 1.54) is 18.5 Å². The van der Waals surface area contributed by atoms with E-state index in [-0.39, 0.29) is 0 Å². The van der Waals surface area contributed by atoms with Gasteiger partial charge in [-0.2, -0.15) is 5.26 Å². The molecule has 14 heavy (non-hydrogen) atoms. The van der Waals surface area contributed by atoms with Crippen LogP contribution >= 0.6 is 0 Å². The third-order valence-electron chi connectivity index (χ3n) is 2.45. The van der Waals surface area contributed by atoms with Crippen LogP contribution in [-0.2, 0) is 0 Å². The molecule has 1 heterocycles. The van der Waals surface area contributed by atoms with Crippen molar-refractivity contribution in [3.63, 3.8) is 0 Å². The van der Waals surface area contributed by atoms with Crippen molar-refractivity contribution in [1.82, 2.24) is 4.98 Å². The Morgan fingerprint density at radius 1 is 1.43 bits per heavy atom. The van der Waals surface area contributed by atoms with Crippen LogP contribution in [0, 0.1) is 11.3 Å². The number of pyridine rings is 1. The fraction of sp³-hybridized carbons (Fsp3) is 0.455. The minimum absolute atomic E-state index is 0.596. The summed E-state index contributed by atoms with van der Waals surface area (Å²) >= 11 is 0. The summed E-state index contributed by atoms with van der Waals surface area (Å²) in [6, 6.07) is 6.87. The number of hydrogen-bond donors (Lipinski definition) is 0. The van der Waals surface area contributed by atoms with Crippen molar-refractivity contribution in [1.29, 1.82) is 5.26 Å². The number of nitrogens with zero attached hydrogens (tertiary/aromatic N) is 3. The molecule has 3 heteroatoms. The van der Waals surface area contributed by atoms with Crippen molar-refractivity contribution in [3.05, 3.63) is 24.5 Å². The Kier molecular flexibility index (Phi) is 2.64. The van der Waals surface area contributed by atoms with Crippen LogP contribution in [0.2, 0.25) is 0 Å². The minimum atomic E-state index is 0.596. The topological polar surface area (TPSA) is 39.9 Å². The maximum absolute atomic E-state index is 8.58. The van der Waals surface area contributed by atoms with E-state index >= 15 is 0 Å². The lowest BCUT2D eigenvalue weighted by Crippen LogP contribution is -2.26. The smallest absolute Gasteiger partial charge is 0.0640 e. The fourth-order valence-corrected chi connectivity index (χ4v) is 1.61. The minimum Gasteiger partial charge on any atom is -0.367 e. The maximum atomic E-state index is 8.58. The predicted octanol–water partition coefficient (Wildman–Crippen LogP) is 1.96. The normalized spacial score (nSPS) is 14.8. The molecule has 0 N–H and O–H groups in total. The third kappa shape index (κ3) is 2.02. The molecule has 72 valence electrons. The molecule has 0 bridgehead atoms. The molecule has 0 unspecified atom stereocenters. The lowest BCUT2D eigenvalue weighted by Gasteiger charge is -2.23. The quantitative estimate of drug-likeness (QED) is 0.723. The molecule has 1 fully saturated rings. The van der Waals surface area contributed by atoms with Crippen LogP contribution in [0.15, 0.2) is 24.5 Å². The zero-order valence-corrected chi connectivity index (χ0v) is 8.06. The molecule has 0 aliphatic heterocycles. The van der Waals surface area contributed by atoms with Crippen molar-refractivity contribution in [2.45, 2.75) is 25.3 Å². The molecule has 0 spiro atoms. The molecule has 0 radical (unpaired) electrons. The second-order valence-corrected chi connectivity index (χ2v) is 3.54. The highest BCUT2D eigenvalue weighted by Crippen LogP contribution is 2.31. The van der Waals surface area contributed by atoms with E-state index in [0.29, 0.717) is 12.5 Å². The van der Waals surface area contributed by atoms with Crippen molar-refractivity contribution in [2.75, 3.05) is 11.4 Å². The molecule has 1 aliphatic rings. The molecule has 1 aromatic rings. The molecule has 0 aromatic carbocycles. The number of nitriles is 1. The predicted molar refractivity (Wildman–Crippen MR) is 54.8 cm³/mol. The Hall–Kier alpha value is -1.56. The summed E-state index contributed by atoms with van der Waals surface area (Å²) in [5.41, 5.74) is 1.19. The van der Waals surface area contributed by atoms with Crippen molar-refractivity contribution >= 4 is 5.69 Å². The van der Waals surface area contributed by atoms with Crippen molar-refractivity contribution in [2.24, 2.45) is 0 Å². The Bertz CT molecular complexity index is 324. The fourth-order valence-electron chi connectivity index (χ4n) is 1.61. The molecule has 3 nitrogen and oxygen atoms in total. The zero-order valence-electron chi connectivity index (χ0n) is 8.06. The van der Waals surface area contributed by atoms with Crippen LogP contribution in [0.5, 0.6) is 0 Å². The van der Waals surface area contributed by atoms with Crippen molar-refractivity contribution < 1.29 is 0 Å². The van der Waals surface area contributed by atoms with Crippen LogP contribution in [0.25, 0.3) is 0 Å². The van der Waals surface area contributed by atoms with Gasteiger partial charge in [-0.3, -0.25) is 4.98 Å². The average molecular weight is 187 g/mol. The van der Waals surface area contributed by atoms with Gasteiger partial charge >= 0.3 is 0 Å². The monoisotopic (exact) mass is 187 g/mol. The van der Waals surface area contributed by atoms with Gasteiger partial charge in [-0.05, 0) is 25.0 Å². The summed E-state index contributed by atoms with van der Waals surface area (Å²) in [6.07, 6.45) is 6.72. The van der Waals surface area contributed by atoms with Gasteiger partial charge in [0.05, 0.1) is 12.5 Å². The van der Waals surface area contributed by atoms with Crippen LogP contribution < -0.4 is 4.90 Å². The van der Waals surface area contributed by atoms with Crippen molar-refractivity contribution in [3.8, 4) is 6.07 Å². The van der Waals surface area contributed by atoms with E-state index in [9.17, 15) is 0 Å². The van der Waals surface area contributed by atoms with Crippen LogP contribution in [-0.4, -0.2) is 17.6 Å². The number of rotatable bonds is 4. The van der Waals surface area contributed by atoms with Gasteiger partial charge in [-0.25, -0.2) is 0 Å². The summed E-state index contributed by atoms with van der Waals surface area (Å²) in [6.45, 7) is 0.838. The van der Waals surface area contributed by atoms with E-state index in [4.69, 9.17) is 5.26 Å². The van der Waals surface area contributed by atoms with Crippen LogP contribution in [0.3, 0.4) is 0 Å². The lowest BCUT2D eigenvalue weighted by atomic mass is 10.3. The van der Waals surface area contributed by atoms with Crippen LogP contribution in [0.4, 0.5) is 5.69 Å². The highest BCUT2D eigenvalue weighted by atomic mass is 15.2. The molecule has 1 aromatic heterocycles. The first-order valence-corrected chi connectivity index (χ1v) is 4.95. The summed E-state index contributed by atoms with van der Waals surface area (Å²) in [7, 11) is 0. The first-order valence-electron chi connectivity index (χ1n) is 4.95. The first-order chi connectivity index (χ1) is 6.92. The van der Waals surface area contributed by atoms with Gasteiger partial charge in [0.2, 0.25) is 0 Å². The second kappa shape index (κ2) is 4.10. The molecule has 2 rings (SSSR count). The Balaban J connectivity index is 2.07. The highest BCUT2D eigenvalue weighted by Gasteiger charge is 2.28. The molecule has 1 aliphatic carbocycles. The van der Waals surface area contributed by atoms with Gasteiger partial charge in [0, 0.05) is 30.7 Å². The van der Waals surface area contributed by atoms with Crippen LogP contribution in [0.1, 0.15) is 19.3 Å². The van der Waals surface area contributed by atoms with E-state index in [0.717, 1.165) is 6.54 Å². The third-order valence-corrected chi connectivity index (χ3v) is 2.45. The van der Waals surface area contributed by atoms with Gasteiger partial charge in [-0.1, -0.05) is 0 Å². The Morgan fingerprint density at radius 3 is 2.71 bits per heavy atom. The Morgan fingerprint density at radius 2 is 2.14 bits per heavy atom. The Labute approximate surface area is 84.0 Å². The molecule has 1 saturated carbocycles. The summed E-state index contributed by atoms with van der Waals surface area (Å²) < 4.78 is 0. The molecule has 0 saturated heterocycles. The van der Waals surface area contributed by atoms with Gasteiger partial charge in [0.15, 0.2) is 0 Å². The molecule has 0 atom stereocenters. The van der Waals surface area contributed by atoms with E-state index < -0.39 is 0 Å². The standard InChI is InChI=1S/C11H13N3/c12-6-1-9-14(10-2-3-10)11-4-7-13-8-5-11/h4-5,7-8,10H,1-3,9H2. The van der Waals surface area contributed by atoms with E-state index in [1.807, 2.05) is 12.1 Å². The molecular formula is C11H13N3. The zero-order chi connectivity index (χ0) is 9.80. The number of aromatic nitrogens is 1. The van der Waals surface area contributed by atoms with Gasteiger partial charge in [0.1, 0.15) is 0 Å². The van der Waals surface area contributed by atoms with Gasteiger partial charge < -0.3 is 4.90 Å². The number of hydrogen-bond acceptors (Lipinski definition) is 3. The van der Waals surface area contributed by atoms with E-state index in [1.54, 1.807) is 12.4 Å². The highest BCUT2D eigenvalue weighted by molar-refractivity contribution is 5.47. The molecular weight excluding hydrogens is 174 g/mol.